The summed E-state index contributed by atoms with van der Waals surface area (Å²) in [6.45, 7) is 2.69. The summed E-state index contributed by atoms with van der Waals surface area (Å²) in [5.74, 6) is 0. The maximum absolute atomic E-state index is 11.5. The first-order chi connectivity index (χ1) is 6.11. The molecular weight excluding hydrogens is 210 g/mol. The Labute approximate surface area is 85.1 Å². The molecule has 0 saturated heterocycles. The molecule has 0 N–H and O–H groups in total. The average molecular weight is 226 g/mol. The van der Waals surface area contributed by atoms with E-state index in [0.717, 1.165) is 25.7 Å². The zero-order chi connectivity index (χ0) is 9.90. The summed E-state index contributed by atoms with van der Waals surface area (Å²) in [6, 6.07) is 0.246. The van der Waals surface area contributed by atoms with Crippen LogP contribution in [-0.4, -0.2) is 30.5 Å². The van der Waals surface area contributed by atoms with Crippen LogP contribution in [-0.2, 0) is 10.0 Å². The van der Waals surface area contributed by atoms with Gasteiger partial charge < -0.3 is 0 Å². The lowest BCUT2D eigenvalue weighted by atomic mass is 10.3. The van der Waals surface area contributed by atoms with E-state index >= 15 is 0 Å². The molecule has 13 heavy (non-hydrogen) atoms. The van der Waals surface area contributed by atoms with Gasteiger partial charge in [-0.1, -0.05) is 13.3 Å². The molecule has 5 heteroatoms. The Balaban J connectivity index is 2.56. The molecule has 0 aromatic carbocycles. The molecule has 1 aliphatic carbocycles. The fraction of sp³-hybridized carbons (Fsp3) is 1.00. The quantitative estimate of drug-likeness (QED) is 0.647. The van der Waals surface area contributed by atoms with Gasteiger partial charge in [-0.2, -0.15) is 4.31 Å². The van der Waals surface area contributed by atoms with Crippen LogP contribution in [0.5, 0.6) is 0 Å². The third kappa shape index (κ3) is 3.11. The van der Waals surface area contributed by atoms with Crippen LogP contribution in [0.2, 0.25) is 0 Å². The first-order valence-corrected chi connectivity index (χ1v) is 6.81. The first-order valence-electron chi connectivity index (χ1n) is 4.67. The van der Waals surface area contributed by atoms with E-state index in [1.54, 1.807) is 4.31 Å². The lowest BCUT2D eigenvalue weighted by Gasteiger charge is -2.19. The van der Waals surface area contributed by atoms with Crippen molar-refractivity contribution in [3.63, 3.8) is 0 Å². The van der Waals surface area contributed by atoms with E-state index in [4.69, 9.17) is 11.6 Å². The topological polar surface area (TPSA) is 37.4 Å². The predicted molar refractivity (Wildman–Crippen MR) is 54.3 cm³/mol. The standard InChI is InChI=1S/C8H16ClNO2S/c1-2-3-6-10(8-4-5-8)13(11,12)7-9/h8H,2-7H2,1H3. The lowest BCUT2D eigenvalue weighted by molar-refractivity contribution is 0.398. The lowest BCUT2D eigenvalue weighted by Crippen LogP contribution is -2.34. The second kappa shape index (κ2) is 4.62. The molecular formula is C8H16ClNO2S. The van der Waals surface area contributed by atoms with E-state index in [9.17, 15) is 8.42 Å². The van der Waals surface area contributed by atoms with Gasteiger partial charge in [-0.15, -0.1) is 11.6 Å². The first kappa shape index (κ1) is 11.3. The van der Waals surface area contributed by atoms with Gasteiger partial charge in [-0.05, 0) is 19.3 Å². The summed E-state index contributed by atoms with van der Waals surface area (Å²) in [6.07, 6.45) is 3.94. The van der Waals surface area contributed by atoms with Gasteiger partial charge in [0.2, 0.25) is 10.0 Å². The maximum Gasteiger partial charge on any atom is 0.228 e. The largest absolute Gasteiger partial charge is 0.228 e. The van der Waals surface area contributed by atoms with Crippen LogP contribution in [0.3, 0.4) is 0 Å². The summed E-state index contributed by atoms with van der Waals surface area (Å²) in [5.41, 5.74) is 0. The number of hydrogen-bond donors (Lipinski definition) is 0. The van der Waals surface area contributed by atoms with Gasteiger partial charge in [0.1, 0.15) is 5.21 Å². The maximum atomic E-state index is 11.5. The molecule has 1 aliphatic rings. The monoisotopic (exact) mass is 225 g/mol. The molecule has 0 spiro atoms. The molecule has 0 bridgehead atoms. The van der Waals surface area contributed by atoms with Crippen molar-refractivity contribution < 1.29 is 8.42 Å². The van der Waals surface area contributed by atoms with Crippen LogP contribution in [0.1, 0.15) is 32.6 Å². The van der Waals surface area contributed by atoms with Crippen LogP contribution < -0.4 is 0 Å². The normalized spacial score (nSPS) is 18.1. The molecule has 0 aliphatic heterocycles. The van der Waals surface area contributed by atoms with Crippen molar-refractivity contribution >= 4 is 21.6 Å². The van der Waals surface area contributed by atoms with E-state index in [0.29, 0.717) is 6.54 Å². The highest BCUT2D eigenvalue weighted by Crippen LogP contribution is 2.29. The number of halogens is 1. The molecule has 1 fully saturated rings. The fourth-order valence-corrected chi connectivity index (χ4v) is 2.86. The van der Waals surface area contributed by atoms with Crippen molar-refractivity contribution in [2.24, 2.45) is 0 Å². The zero-order valence-corrected chi connectivity index (χ0v) is 9.44. The molecule has 0 heterocycles. The molecule has 78 valence electrons. The van der Waals surface area contributed by atoms with Crippen LogP contribution >= 0.6 is 11.6 Å². The number of alkyl halides is 1. The van der Waals surface area contributed by atoms with E-state index < -0.39 is 10.0 Å². The number of unbranched alkanes of at least 4 members (excludes halogenated alkanes) is 1. The Hall–Kier alpha value is 0.200. The van der Waals surface area contributed by atoms with Crippen molar-refractivity contribution in [1.82, 2.24) is 4.31 Å². The average Bonchev–Trinajstić information content (AvgIpc) is 2.89. The third-order valence-corrected chi connectivity index (χ3v) is 4.48. The fourth-order valence-electron chi connectivity index (χ4n) is 1.29. The Morgan fingerprint density at radius 3 is 2.46 bits per heavy atom. The second-order valence-electron chi connectivity index (χ2n) is 3.42. The van der Waals surface area contributed by atoms with Crippen molar-refractivity contribution in [1.29, 1.82) is 0 Å². The highest BCUT2D eigenvalue weighted by atomic mass is 35.5. The highest BCUT2D eigenvalue weighted by Gasteiger charge is 2.35. The Kier molecular flexibility index (Phi) is 4.01. The van der Waals surface area contributed by atoms with Gasteiger partial charge in [0.25, 0.3) is 0 Å². The van der Waals surface area contributed by atoms with Crippen LogP contribution in [0.25, 0.3) is 0 Å². The second-order valence-corrected chi connectivity index (χ2v) is 5.92. The number of hydrogen-bond acceptors (Lipinski definition) is 2. The summed E-state index contributed by atoms with van der Waals surface area (Å²) >= 11 is 5.41. The van der Waals surface area contributed by atoms with Crippen LogP contribution in [0.4, 0.5) is 0 Å². The van der Waals surface area contributed by atoms with E-state index in [-0.39, 0.29) is 11.3 Å². The molecule has 0 atom stereocenters. The minimum atomic E-state index is -3.17. The number of rotatable bonds is 6. The minimum absolute atomic E-state index is 0.246. The molecule has 1 saturated carbocycles. The number of nitrogens with zero attached hydrogens (tertiary/aromatic N) is 1. The van der Waals surface area contributed by atoms with Gasteiger partial charge in [0.15, 0.2) is 0 Å². The highest BCUT2D eigenvalue weighted by molar-refractivity contribution is 7.90. The molecule has 0 aromatic heterocycles. The van der Waals surface area contributed by atoms with Gasteiger partial charge in [0.05, 0.1) is 0 Å². The SMILES string of the molecule is CCCCN(C1CC1)S(=O)(=O)CCl. The van der Waals surface area contributed by atoms with Gasteiger partial charge >= 0.3 is 0 Å². The summed E-state index contributed by atoms with van der Waals surface area (Å²) < 4.78 is 24.5. The summed E-state index contributed by atoms with van der Waals surface area (Å²) in [7, 11) is -3.17. The number of sulfonamides is 1. The van der Waals surface area contributed by atoms with Crippen LogP contribution in [0.15, 0.2) is 0 Å². The van der Waals surface area contributed by atoms with Gasteiger partial charge in [0, 0.05) is 12.6 Å². The summed E-state index contributed by atoms with van der Waals surface area (Å²) in [5, 5.41) is -0.285. The van der Waals surface area contributed by atoms with Crippen molar-refractivity contribution in [3.8, 4) is 0 Å². The zero-order valence-electron chi connectivity index (χ0n) is 7.87. The minimum Gasteiger partial charge on any atom is -0.211 e. The van der Waals surface area contributed by atoms with Gasteiger partial charge in [-0.25, -0.2) is 8.42 Å². The molecule has 0 aromatic rings. The molecule has 3 nitrogen and oxygen atoms in total. The molecule has 0 unspecified atom stereocenters. The van der Waals surface area contributed by atoms with E-state index in [1.807, 2.05) is 0 Å². The van der Waals surface area contributed by atoms with Crippen molar-refractivity contribution in [2.75, 3.05) is 11.8 Å². The predicted octanol–water partition coefficient (Wildman–Crippen LogP) is 1.78. The Morgan fingerprint density at radius 1 is 1.46 bits per heavy atom. The van der Waals surface area contributed by atoms with Gasteiger partial charge in [-0.3, -0.25) is 0 Å². The van der Waals surface area contributed by atoms with E-state index in [2.05, 4.69) is 6.92 Å². The van der Waals surface area contributed by atoms with Crippen LogP contribution in [0, 0.1) is 0 Å². The Bertz CT molecular complexity index is 249. The van der Waals surface area contributed by atoms with Crippen molar-refractivity contribution in [2.45, 2.75) is 38.6 Å². The molecule has 0 radical (unpaired) electrons. The van der Waals surface area contributed by atoms with Crippen molar-refractivity contribution in [3.05, 3.63) is 0 Å². The Morgan fingerprint density at radius 2 is 2.08 bits per heavy atom. The van der Waals surface area contributed by atoms with E-state index in [1.165, 1.54) is 0 Å². The molecule has 0 amide bonds. The smallest absolute Gasteiger partial charge is 0.211 e. The molecule has 1 rings (SSSR count). The third-order valence-electron chi connectivity index (χ3n) is 2.18. The summed E-state index contributed by atoms with van der Waals surface area (Å²) in [4.78, 5) is 0.